The number of rotatable bonds is 3. The van der Waals surface area contributed by atoms with E-state index in [1.165, 1.54) is 24.3 Å². The standard InChI is InChI=1S/C23H21F2N3O2/c1-4-21(29)27-6-5-17-14(11-27)7-15(24)10-20(17)28-13(3)12(2)18-8-16(25)9-19(22(18)28)23(26)30/h4,7-10H,1,5-6,11H2,2-3H3,(H2,26,30). The Morgan fingerprint density at radius 2 is 1.83 bits per heavy atom. The van der Waals surface area contributed by atoms with Crippen LogP contribution in [0.25, 0.3) is 16.6 Å². The first-order chi connectivity index (χ1) is 14.2. The Balaban J connectivity index is 2.02. The maximum atomic E-state index is 14.6. The molecular formula is C23H21F2N3O2. The number of hydrogen-bond acceptors (Lipinski definition) is 2. The zero-order valence-electron chi connectivity index (χ0n) is 16.8. The summed E-state index contributed by atoms with van der Waals surface area (Å²) in [5.74, 6) is -1.99. The van der Waals surface area contributed by atoms with Gasteiger partial charge in [0.1, 0.15) is 11.6 Å². The van der Waals surface area contributed by atoms with Crippen LogP contribution in [0.1, 0.15) is 32.7 Å². The van der Waals surface area contributed by atoms with Gasteiger partial charge in [-0.25, -0.2) is 8.78 Å². The Hall–Kier alpha value is -3.48. The van der Waals surface area contributed by atoms with Gasteiger partial charge in [-0.1, -0.05) is 6.58 Å². The average Bonchev–Trinajstić information content (AvgIpc) is 2.96. The van der Waals surface area contributed by atoms with Crippen LogP contribution < -0.4 is 5.73 Å². The summed E-state index contributed by atoms with van der Waals surface area (Å²) >= 11 is 0. The number of hydrogen-bond donors (Lipinski definition) is 1. The van der Waals surface area contributed by atoms with Gasteiger partial charge in [-0.05, 0) is 67.3 Å². The number of nitrogens with zero attached hydrogens (tertiary/aromatic N) is 2. The third kappa shape index (κ3) is 2.98. The molecule has 30 heavy (non-hydrogen) atoms. The molecule has 1 aliphatic rings. The van der Waals surface area contributed by atoms with Crippen molar-refractivity contribution in [1.29, 1.82) is 0 Å². The minimum absolute atomic E-state index is 0.0403. The largest absolute Gasteiger partial charge is 0.366 e. The van der Waals surface area contributed by atoms with Crippen molar-refractivity contribution in [3.05, 3.63) is 76.5 Å². The average molecular weight is 409 g/mol. The van der Waals surface area contributed by atoms with Crippen molar-refractivity contribution in [1.82, 2.24) is 9.47 Å². The second kappa shape index (κ2) is 7.09. The SMILES string of the molecule is C=CC(=O)N1CCc2c(cc(F)cc2-n2c(C)c(C)c3cc(F)cc(C(N)=O)c32)C1. The van der Waals surface area contributed by atoms with Crippen molar-refractivity contribution < 1.29 is 18.4 Å². The molecule has 0 radical (unpaired) electrons. The summed E-state index contributed by atoms with van der Waals surface area (Å²) in [5.41, 5.74) is 9.72. The van der Waals surface area contributed by atoms with E-state index in [1.807, 2.05) is 13.8 Å². The van der Waals surface area contributed by atoms with Crippen molar-refractivity contribution in [2.75, 3.05) is 6.54 Å². The first-order valence-corrected chi connectivity index (χ1v) is 9.57. The monoisotopic (exact) mass is 409 g/mol. The molecule has 4 rings (SSSR count). The molecule has 0 unspecified atom stereocenters. The van der Waals surface area contributed by atoms with Crippen LogP contribution in [-0.4, -0.2) is 27.8 Å². The van der Waals surface area contributed by atoms with Gasteiger partial charge in [0.05, 0.1) is 16.8 Å². The van der Waals surface area contributed by atoms with Crippen LogP contribution >= 0.6 is 0 Å². The second-order valence-corrected chi connectivity index (χ2v) is 7.54. The van der Waals surface area contributed by atoms with E-state index < -0.39 is 17.5 Å². The van der Waals surface area contributed by atoms with E-state index >= 15 is 0 Å². The number of benzene rings is 2. The highest BCUT2D eigenvalue weighted by atomic mass is 19.1. The predicted octanol–water partition coefficient (Wildman–Crippen LogP) is 3.70. The summed E-state index contributed by atoms with van der Waals surface area (Å²) in [6.07, 6.45) is 1.75. The van der Waals surface area contributed by atoms with Crippen LogP contribution in [-0.2, 0) is 17.8 Å². The molecule has 7 heteroatoms. The summed E-state index contributed by atoms with van der Waals surface area (Å²) < 4.78 is 30.5. The summed E-state index contributed by atoms with van der Waals surface area (Å²) in [7, 11) is 0. The zero-order valence-corrected chi connectivity index (χ0v) is 16.8. The molecule has 154 valence electrons. The Morgan fingerprint density at radius 1 is 1.13 bits per heavy atom. The number of fused-ring (bicyclic) bond motifs is 2. The molecular weight excluding hydrogens is 388 g/mol. The molecule has 2 N–H and O–H groups in total. The van der Waals surface area contributed by atoms with E-state index in [0.29, 0.717) is 35.1 Å². The number of aromatic nitrogens is 1. The molecule has 0 spiro atoms. The topological polar surface area (TPSA) is 68.3 Å². The number of carbonyl (C=O) groups is 2. The number of nitrogens with two attached hydrogens (primary N) is 1. The van der Waals surface area contributed by atoms with Gasteiger partial charge in [0.15, 0.2) is 0 Å². The lowest BCUT2D eigenvalue weighted by Gasteiger charge is -2.30. The normalized spacial score (nSPS) is 13.4. The summed E-state index contributed by atoms with van der Waals surface area (Å²) in [4.78, 5) is 25.7. The van der Waals surface area contributed by atoms with Crippen molar-refractivity contribution >= 4 is 22.7 Å². The smallest absolute Gasteiger partial charge is 0.250 e. The van der Waals surface area contributed by atoms with Gasteiger partial charge in [0.25, 0.3) is 5.91 Å². The highest BCUT2D eigenvalue weighted by Crippen LogP contribution is 2.35. The van der Waals surface area contributed by atoms with Gasteiger partial charge in [0.2, 0.25) is 5.91 Å². The Labute approximate surface area is 172 Å². The van der Waals surface area contributed by atoms with E-state index in [1.54, 1.807) is 9.47 Å². The summed E-state index contributed by atoms with van der Waals surface area (Å²) in [6, 6.07) is 5.29. The Kier molecular flexibility index (Phi) is 4.68. The molecule has 5 nitrogen and oxygen atoms in total. The van der Waals surface area contributed by atoms with Crippen LogP contribution in [0.15, 0.2) is 36.9 Å². The molecule has 0 saturated carbocycles. The molecule has 1 aromatic heterocycles. The number of halogens is 2. The molecule has 1 aliphatic heterocycles. The number of amides is 2. The maximum Gasteiger partial charge on any atom is 0.250 e. The lowest BCUT2D eigenvalue weighted by Crippen LogP contribution is -2.35. The van der Waals surface area contributed by atoms with Crippen molar-refractivity contribution in [3.8, 4) is 5.69 Å². The predicted molar refractivity (Wildman–Crippen MR) is 111 cm³/mol. The third-order valence-electron chi connectivity index (χ3n) is 5.85. The van der Waals surface area contributed by atoms with Crippen LogP contribution in [0.3, 0.4) is 0 Å². The van der Waals surface area contributed by atoms with Gasteiger partial charge in [-0.3, -0.25) is 9.59 Å². The van der Waals surface area contributed by atoms with Gasteiger partial charge in [0, 0.05) is 24.2 Å². The second-order valence-electron chi connectivity index (χ2n) is 7.54. The van der Waals surface area contributed by atoms with Gasteiger partial charge in [-0.2, -0.15) is 0 Å². The maximum absolute atomic E-state index is 14.6. The number of primary amides is 1. The van der Waals surface area contributed by atoms with Gasteiger partial charge < -0.3 is 15.2 Å². The fourth-order valence-corrected chi connectivity index (χ4v) is 4.30. The van der Waals surface area contributed by atoms with E-state index in [9.17, 15) is 18.4 Å². The van der Waals surface area contributed by atoms with E-state index in [4.69, 9.17) is 5.73 Å². The van der Waals surface area contributed by atoms with Crippen LogP contribution in [0, 0.1) is 25.5 Å². The fourth-order valence-electron chi connectivity index (χ4n) is 4.30. The highest BCUT2D eigenvalue weighted by Gasteiger charge is 2.26. The van der Waals surface area contributed by atoms with Crippen LogP contribution in [0.4, 0.5) is 8.78 Å². The molecule has 2 aromatic carbocycles. The third-order valence-corrected chi connectivity index (χ3v) is 5.85. The molecule has 0 atom stereocenters. The van der Waals surface area contributed by atoms with Crippen molar-refractivity contribution in [3.63, 3.8) is 0 Å². The zero-order chi connectivity index (χ0) is 21.7. The van der Waals surface area contributed by atoms with E-state index in [-0.39, 0.29) is 18.0 Å². The summed E-state index contributed by atoms with van der Waals surface area (Å²) in [5, 5.41) is 0.554. The molecule has 0 aliphatic carbocycles. The van der Waals surface area contributed by atoms with Gasteiger partial charge >= 0.3 is 0 Å². The fraction of sp³-hybridized carbons (Fsp3) is 0.217. The number of aryl methyl sites for hydroxylation is 1. The summed E-state index contributed by atoms with van der Waals surface area (Å²) in [6.45, 7) is 7.91. The molecule has 2 heterocycles. The van der Waals surface area contributed by atoms with E-state index in [0.717, 1.165) is 22.9 Å². The quantitative estimate of drug-likeness (QED) is 0.671. The van der Waals surface area contributed by atoms with Crippen LogP contribution in [0.2, 0.25) is 0 Å². The number of carbonyl (C=O) groups excluding carboxylic acids is 2. The van der Waals surface area contributed by atoms with Gasteiger partial charge in [-0.15, -0.1) is 0 Å². The lowest BCUT2D eigenvalue weighted by molar-refractivity contribution is -0.126. The molecule has 0 fully saturated rings. The first-order valence-electron chi connectivity index (χ1n) is 9.57. The molecule has 3 aromatic rings. The van der Waals surface area contributed by atoms with Crippen LogP contribution in [0.5, 0.6) is 0 Å². The molecule has 2 amide bonds. The minimum atomic E-state index is -0.758. The minimum Gasteiger partial charge on any atom is -0.366 e. The van der Waals surface area contributed by atoms with Crippen molar-refractivity contribution in [2.45, 2.75) is 26.8 Å². The highest BCUT2D eigenvalue weighted by molar-refractivity contribution is 6.07. The van der Waals surface area contributed by atoms with Crippen molar-refractivity contribution in [2.24, 2.45) is 5.73 Å². The van der Waals surface area contributed by atoms with E-state index in [2.05, 4.69) is 6.58 Å². The lowest BCUT2D eigenvalue weighted by atomic mass is 9.96. The first kappa shape index (κ1) is 19.8. The Bertz CT molecular complexity index is 1240. The molecule has 0 bridgehead atoms. The molecule has 0 saturated heterocycles. The Morgan fingerprint density at radius 3 is 2.50 bits per heavy atom.